The Bertz CT molecular complexity index is 121. The summed E-state index contributed by atoms with van der Waals surface area (Å²) in [4.78, 5) is 12.3. The smallest absolute Gasteiger partial charge is 0.207 e. The molecule has 0 radical (unpaired) electrons. The van der Waals surface area contributed by atoms with Crippen molar-refractivity contribution in [2.24, 2.45) is 5.92 Å². The summed E-state index contributed by atoms with van der Waals surface area (Å²) in [7, 11) is 2.14. The number of hydrogen-bond donors (Lipinski definition) is 1. The van der Waals surface area contributed by atoms with Crippen LogP contribution in [0.5, 0.6) is 0 Å². The lowest BCUT2D eigenvalue weighted by Gasteiger charge is -2.28. The average molecular weight is 246 g/mol. The molecule has 0 spiro atoms. The number of likely N-dealkylation sites (tertiary alicyclic amines) is 1. The van der Waals surface area contributed by atoms with Crippen molar-refractivity contribution in [1.82, 2.24) is 10.2 Å². The maximum Gasteiger partial charge on any atom is 0.207 e. The van der Waals surface area contributed by atoms with Gasteiger partial charge < -0.3 is 10.2 Å². The van der Waals surface area contributed by atoms with Crippen molar-refractivity contribution in [3.63, 3.8) is 0 Å². The van der Waals surface area contributed by atoms with Crippen LogP contribution in [0.1, 0.15) is 54.4 Å². The molecule has 17 heavy (non-hydrogen) atoms. The molecule has 3 nitrogen and oxygen atoms in total. The lowest BCUT2D eigenvalue weighted by Crippen LogP contribution is -2.34. The van der Waals surface area contributed by atoms with Gasteiger partial charge in [0.2, 0.25) is 6.41 Å². The minimum Gasteiger partial charge on any atom is -0.358 e. The Morgan fingerprint density at radius 3 is 1.82 bits per heavy atom. The Hall–Kier alpha value is -0.570. The van der Waals surface area contributed by atoms with Gasteiger partial charge in [0.25, 0.3) is 0 Å². The molecule has 1 heterocycles. The molecule has 0 atom stereocenters. The van der Waals surface area contributed by atoms with Gasteiger partial charge in [-0.25, -0.2) is 0 Å². The molecule has 0 aromatic rings. The number of carbonyl (C=O) groups is 1. The summed E-state index contributed by atoms with van der Waals surface area (Å²) in [6.45, 7) is 15.2. The van der Waals surface area contributed by atoms with E-state index < -0.39 is 0 Å². The van der Waals surface area contributed by atoms with Crippen LogP contribution in [-0.2, 0) is 4.79 Å². The zero-order chi connectivity index (χ0) is 14.1. The van der Waals surface area contributed by atoms with Gasteiger partial charge in [-0.2, -0.15) is 0 Å². The fourth-order valence-electron chi connectivity index (χ4n) is 1.48. The van der Waals surface area contributed by atoms with Crippen LogP contribution in [-0.4, -0.2) is 38.0 Å². The molecule has 0 saturated carbocycles. The first-order chi connectivity index (χ1) is 8.33. The number of carbonyl (C=O) groups excluding carboxylic acids is 1. The number of amides is 1. The second-order valence-corrected chi connectivity index (χ2v) is 3.27. The standard InChI is InChI=1S/C8H16N2O.3C2H6/c1-10-4-2-8(3-5-10)6-9-7-11;3*1-2/h7-8H,2-6H2,1H3,(H,9,11);3*1-2H3. The summed E-state index contributed by atoms with van der Waals surface area (Å²) in [5.74, 6) is 0.705. The van der Waals surface area contributed by atoms with Gasteiger partial charge in [0.15, 0.2) is 0 Å². The largest absolute Gasteiger partial charge is 0.358 e. The van der Waals surface area contributed by atoms with Gasteiger partial charge >= 0.3 is 0 Å². The van der Waals surface area contributed by atoms with Crippen LogP contribution < -0.4 is 5.32 Å². The molecule has 1 aliphatic rings. The summed E-state index contributed by atoms with van der Waals surface area (Å²) in [5.41, 5.74) is 0. The fourth-order valence-corrected chi connectivity index (χ4v) is 1.48. The van der Waals surface area contributed by atoms with Gasteiger partial charge in [-0.3, -0.25) is 4.79 Å². The van der Waals surface area contributed by atoms with E-state index in [4.69, 9.17) is 0 Å². The first kappa shape index (κ1) is 21.7. The molecular weight excluding hydrogens is 212 g/mol. The molecule has 1 rings (SSSR count). The summed E-state index contributed by atoms with van der Waals surface area (Å²) >= 11 is 0. The van der Waals surface area contributed by atoms with Crippen LogP contribution in [0, 0.1) is 5.92 Å². The van der Waals surface area contributed by atoms with Gasteiger partial charge in [0, 0.05) is 6.54 Å². The number of nitrogens with one attached hydrogen (secondary N) is 1. The molecule has 3 heteroatoms. The molecule has 0 bridgehead atoms. The van der Waals surface area contributed by atoms with Crippen LogP contribution in [0.2, 0.25) is 0 Å². The van der Waals surface area contributed by atoms with E-state index in [1.807, 2.05) is 41.5 Å². The number of rotatable bonds is 3. The molecule has 1 N–H and O–H groups in total. The highest BCUT2D eigenvalue weighted by Crippen LogP contribution is 2.14. The molecule has 0 aliphatic carbocycles. The van der Waals surface area contributed by atoms with Crippen LogP contribution in [0.4, 0.5) is 0 Å². The average Bonchev–Trinajstić information content (AvgIpc) is 2.45. The minimum atomic E-state index is 0.705. The van der Waals surface area contributed by atoms with Crippen LogP contribution in [0.3, 0.4) is 0 Å². The minimum absolute atomic E-state index is 0.705. The van der Waals surface area contributed by atoms with Crippen LogP contribution >= 0.6 is 0 Å². The van der Waals surface area contributed by atoms with E-state index in [1.54, 1.807) is 0 Å². The van der Waals surface area contributed by atoms with Gasteiger partial charge in [0.05, 0.1) is 0 Å². The van der Waals surface area contributed by atoms with Crippen molar-refractivity contribution in [3.05, 3.63) is 0 Å². The second kappa shape index (κ2) is 20.8. The first-order valence-corrected chi connectivity index (χ1v) is 7.18. The van der Waals surface area contributed by atoms with Gasteiger partial charge in [-0.1, -0.05) is 41.5 Å². The third-order valence-electron chi connectivity index (χ3n) is 2.33. The Kier molecular flexibility index (Phi) is 26.5. The Labute approximate surface area is 109 Å². The van der Waals surface area contributed by atoms with E-state index in [0.29, 0.717) is 5.92 Å². The van der Waals surface area contributed by atoms with Gasteiger partial charge in [-0.15, -0.1) is 0 Å². The highest BCUT2D eigenvalue weighted by Gasteiger charge is 2.15. The predicted molar refractivity (Wildman–Crippen MR) is 78.3 cm³/mol. The van der Waals surface area contributed by atoms with Crippen molar-refractivity contribution in [1.29, 1.82) is 0 Å². The Morgan fingerprint density at radius 2 is 1.47 bits per heavy atom. The fraction of sp³-hybridized carbons (Fsp3) is 0.929. The predicted octanol–water partition coefficient (Wildman–Crippen LogP) is 3.15. The van der Waals surface area contributed by atoms with Crippen molar-refractivity contribution < 1.29 is 4.79 Å². The van der Waals surface area contributed by atoms with E-state index in [1.165, 1.54) is 25.9 Å². The van der Waals surface area contributed by atoms with Crippen molar-refractivity contribution in [2.75, 3.05) is 26.7 Å². The normalized spacial score (nSPS) is 15.0. The van der Waals surface area contributed by atoms with Crippen molar-refractivity contribution >= 4 is 6.41 Å². The maximum atomic E-state index is 9.99. The van der Waals surface area contributed by atoms with Gasteiger partial charge in [0.1, 0.15) is 0 Å². The lowest BCUT2D eigenvalue weighted by atomic mass is 9.97. The van der Waals surface area contributed by atoms with E-state index in [-0.39, 0.29) is 0 Å². The van der Waals surface area contributed by atoms with E-state index in [0.717, 1.165) is 13.0 Å². The Morgan fingerprint density at radius 1 is 1.06 bits per heavy atom. The first-order valence-electron chi connectivity index (χ1n) is 7.18. The Balaban J connectivity index is -0.000000285. The third-order valence-corrected chi connectivity index (χ3v) is 2.33. The van der Waals surface area contributed by atoms with E-state index >= 15 is 0 Å². The molecule has 0 aromatic heterocycles. The molecule has 0 aromatic carbocycles. The van der Waals surface area contributed by atoms with E-state index in [9.17, 15) is 4.79 Å². The summed E-state index contributed by atoms with van der Waals surface area (Å²) in [6.07, 6.45) is 3.23. The number of piperidine rings is 1. The summed E-state index contributed by atoms with van der Waals surface area (Å²) in [6, 6.07) is 0. The molecule has 1 fully saturated rings. The third kappa shape index (κ3) is 15.4. The molecule has 1 saturated heterocycles. The molecule has 0 unspecified atom stereocenters. The molecule has 1 aliphatic heterocycles. The summed E-state index contributed by atoms with van der Waals surface area (Å²) in [5, 5.41) is 2.73. The number of hydrogen-bond acceptors (Lipinski definition) is 2. The molecular formula is C14H34N2O. The lowest BCUT2D eigenvalue weighted by molar-refractivity contribution is -0.109. The number of nitrogens with zero attached hydrogens (tertiary/aromatic N) is 1. The second-order valence-electron chi connectivity index (χ2n) is 3.27. The van der Waals surface area contributed by atoms with Crippen molar-refractivity contribution in [3.8, 4) is 0 Å². The highest BCUT2D eigenvalue weighted by atomic mass is 16.1. The topological polar surface area (TPSA) is 32.3 Å². The van der Waals surface area contributed by atoms with Gasteiger partial charge in [-0.05, 0) is 38.9 Å². The SMILES string of the molecule is CC.CC.CC.CN1CCC(CNC=O)CC1. The van der Waals surface area contributed by atoms with Crippen LogP contribution in [0.15, 0.2) is 0 Å². The maximum absolute atomic E-state index is 9.99. The monoisotopic (exact) mass is 246 g/mol. The van der Waals surface area contributed by atoms with Crippen molar-refractivity contribution in [2.45, 2.75) is 54.4 Å². The summed E-state index contributed by atoms with van der Waals surface area (Å²) < 4.78 is 0. The zero-order valence-corrected chi connectivity index (χ0v) is 13.0. The highest BCUT2D eigenvalue weighted by molar-refractivity contribution is 5.45. The van der Waals surface area contributed by atoms with E-state index in [2.05, 4.69) is 17.3 Å². The zero-order valence-electron chi connectivity index (χ0n) is 13.0. The molecule has 106 valence electrons. The molecule has 1 amide bonds. The quantitative estimate of drug-likeness (QED) is 0.776. The van der Waals surface area contributed by atoms with Crippen LogP contribution in [0.25, 0.3) is 0 Å².